The highest BCUT2D eigenvalue weighted by Gasteiger charge is 2.35. The summed E-state index contributed by atoms with van der Waals surface area (Å²) in [6.45, 7) is 11.0. The summed E-state index contributed by atoms with van der Waals surface area (Å²) in [5.41, 5.74) is 4.47. The first kappa shape index (κ1) is 12.4. The molecule has 1 atom stereocenters. The molecule has 0 rings (SSSR count). The molecule has 78 valence electrons. The van der Waals surface area contributed by atoms with E-state index in [2.05, 4.69) is 0 Å². The van der Waals surface area contributed by atoms with Gasteiger partial charge in [0.05, 0.1) is 0 Å². The predicted octanol–water partition coefficient (Wildman–Crippen LogP) is 1.70. The Morgan fingerprint density at radius 3 is 1.85 bits per heavy atom. The zero-order valence-corrected chi connectivity index (χ0v) is 9.47. The maximum absolute atomic E-state index is 11.6. The SMILES string of the molecule is CC(C)[C@@](C)(N)C(=O)OC(C)(C)C. The van der Waals surface area contributed by atoms with Crippen molar-refractivity contribution in [2.45, 2.75) is 52.7 Å². The average molecular weight is 187 g/mol. The zero-order valence-electron chi connectivity index (χ0n) is 9.47. The maximum Gasteiger partial charge on any atom is 0.326 e. The molecular formula is C10H21NO2. The Morgan fingerprint density at radius 2 is 1.62 bits per heavy atom. The second-order valence-electron chi connectivity index (χ2n) is 4.94. The van der Waals surface area contributed by atoms with Crippen molar-refractivity contribution in [3.8, 4) is 0 Å². The fourth-order valence-corrected chi connectivity index (χ4v) is 0.624. The van der Waals surface area contributed by atoms with Crippen LogP contribution in [0.15, 0.2) is 0 Å². The normalized spacial score (nSPS) is 16.9. The molecular weight excluding hydrogens is 166 g/mol. The van der Waals surface area contributed by atoms with E-state index >= 15 is 0 Å². The van der Waals surface area contributed by atoms with E-state index in [4.69, 9.17) is 10.5 Å². The van der Waals surface area contributed by atoms with Crippen molar-refractivity contribution in [1.82, 2.24) is 0 Å². The van der Waals surface area contributed by atoms with Gasteiger partial charge in [-0.15, -0.1) is 0 Å². The highest BCUT2D eigenvalue weighted by Crippen LogP contribution is 2.18. The van der Waals surface area contributed by atoms with Crippen LogP contribution in [0.2, 0.25) is 0 Å². The standard InChI is InChI=1S/C10H21NO2/c1-7(2)10(6,11)8(12)13-9(3,4)5/h7H,11H2,1-6H3/t10-/m1/s1. The molecule has 3 nitrogen and oxygen atoms in total. The summed E-state index contributed by atoms with van der Waals surface area (Å²) < 4.78 is 5.20. The Kier molecular flexibility index (Phi) is 3.50. The molecule has 0 aromatic carbocycles. The Morgan fingerprint density at radius 1 is 1.23 bits per heavy atom. The molecule has 0 heterocycles. The molecule has 0 aromatic rings. The zero-order chi connectivity index (χ0) is 10.9. The minimum absolute atomic E-state index is 0.0716. The van der Waals surface area contributed by atoms with Crippen LogP contribution < -0.4 is 5.73 Å². The second-order valence-corrected chi connectivity index (χ2v) is 4.94. The molecule has 3 heteroatoms. The van der Waals surface area contributed by atoms with Gasteiger partial charge in [-0.25, -0.2) is 0 Å². The molecule has 0 spiro atoms. The summed E-state index contributed by atoms with van der Waals surface area (Å²) in [4.78, 5) is 11.6. The molecule has 0 unspecified atom stereocenters. The molecule has 0 radical (unpaired) electrons. The molecule has 13 heavy (non-hydrogen) atoms. The van der Waals surface area contributed by atoms with Gasteiger partial charge in [-0.2, -0.15) is 0 Å². The van der Waals surface area contributed by atoms with E-state index in [-0.39, 0.29) is 11.9 Å². The Balaban J connectivity index is 4.44. The highest BCUT2D eigenvalue weighted by atomic mass is 16.6. The fourth-order valence-electron chi connectivity index (χ4n) is 0.624. The van der Waals surface area contributed by atoms with E-state index < -0.39 is 11.1 Å². The van der Waals surface area contributed by atoms with E-state index in [1.54, 1.807) is 6.92 Å². The number of hydrogen-bond acceptors (Lipinski definition) is 3. The first-order valence-electron chi connectivity index (χ1n) is 4.59. The van der Waals surface area contributed by atoms with E-state index in [0.29, 0.717) is 0 Å². The number of ether oxygens (including phenoxy) is 1. The fraction of sp³-hybridized carbons (Fsp3) is 0.900. The smallest absolute Gasteiger partial charge is 0.326 e. The summed E-state index contributed by atoms with van der Waals surface area (Å²) in [5, 5.41) is 0. The van der Waals surface area contributed by atoms with Crippen LogP contribution in [0, 0.1) is 5.92 Å². The molecule has 0 aliphatic rings. The lowest BCUT2D eigenvalue weighted by molar-refractivity contribution is -0.162. The summed E-state index contributed by atoms with van der Waals surface area (Å²) >= 11 is 0. The van der Waals surface area contributed by atoms with Crippen LogP contribution >= 0.6 is 0 Å². The molecule has 2 N–H and O–H groups in total. The first-order chi connectivity index (χ1) is 5.57. The average Bonchev–Trinajstić information content (AvgIpc) is 1.82. The molecule has 0 saturated heterocycles. The summed E-state index contributed by atoms with van der Waals surface area (Å²) in [5.74, 6) is -0.266. The van der Waals surface area contributed by atoms with Crippen LogP contribution in [-0.2, 0) is 9.53 Å². The number of nitrogens with two attached hydrogens (primary N) is 1. The van der Waals surface area contributed by atoms with Gasteiger partial charge >= 0.3 is 5.97 Å². The summed E-state index contributed by atoms with van der Waals surface area (Å²) in [6.07, 6.45) is 0. The monoisotopic (exact) mass is 187 g/mol. The van der Waals surface area contributed by atoms with Crippen LogP contribution in [-0.4, -0.2) is 17.1 Å². The van der Waals surface area contributed by atoms with Crippen molar-refractivity contribution < 1.29 is 9.53 Å². The van der Waals surface area contributed by atoms with Crippen molar-refractivity contribution in [1.29, 1.82) is 0 Å². The largest absolute Gasteiger partial charge is 0.459 e. The lowest BCUT2D eigenvalue weighted by Crippen LogP contribution is -2.52. The molecule has 0 saturated carbocycles. The van der Waals surface area contributed by atoms with Gasteiger partial charge in [0.2, 0.25) is 0 Å². The van der Waals surface area contributed by atoms with E-state index in [0.717, 1.165) is 0 Å². The van der Waals surface area contributed by atoms with Gasteiger partial charge in [-0.1, -0.05) is 13.8 Å². The highest BCUT2D eigenvalue weighted by molar-refractivity contribution is 5.80. The number of esters is 1. The van der Waals surface area contributed by atoms with E-state index in [1.165, 1.54) is 0 Å². The minimum Gasteiger partial charge on any atom is -0.459 e. The van der Waals surface area contributed by atoms with Gasteiger partial charge in [-0.05, 0) is 33.6 Å². The minimum atomic E-state index is -0.896. The van der Waals surface area contributed by atoms with Crippen molar-refractivity contribution >= 4 is 5.97 Å². The summed E-state index contributed by atoms with van der Waals surface area (Å²) in [6, 6.07) is 0. The number of hydrogen-bond donors (Lipinski definition) is 1. The van der Waals surface area contributed by atoms with Gasteiger partial charge in [0.15, 0.2) is 0 Å². The lowest BCUT2D eigenvalue weighted by Gasteiger charge is -2.30. The third-order valence-corrected chi connectivity index (χ3v) is 2.04. The van der Waals surface area contributed by atoms with Gasteiger partial charge in [0.1, 0.15) is 11.1 Å². The molecule has 0 fully saturated rings. The molecule has 0 amide bonds. The number of carbonyl (C=O) groups excluding carboxylic acids is 1. The third kappa shape index (κ3) is 3.77. The van der Waals surface area contributed by atoms with Crippen molar-refractivity contribution in [3.63, 3.8) is 0 Å². The summed E-state index contributed by atoms with van der Waals surface area (Å²) in [7, 11) is 0. The molecule has 0 aromatic heterocycles. The first-order valence-corrected chi connectivity index (χ1v) is 4.59. The van der Waals surface area contributed by atoms with Crippen LogP contribution in [0.3, 0.4) is 0 Å². The van der Waals surface area contributed by atoms with Gasteiger partial charge in [-0.3, -0.25) is 4.79 Å². The predicted molar refractivity (Wildman–Crippen MR) is 53.3 cm³/mol. The van der Waals surface area contributed by atoms with E-state index in [1.807, 2.05) is 34.6 Å². The van der Waals surface area contributed by atoms with Crippen LogP contribution in [0.5, 0.6) is 0 Å². The maximum atomic E-state index is 11.6. The Hall–Kier alpha value is -0.570. The van der Waals surface area contributed by atoms with Crippen molar-refractivity contribution in [2.24, 2.45) is 11.7 Å². The second kappa shape index (κ2) is 3.66. The topological polar surface area (TPSA) is 52.3 Å². The van der Waals surface area contributed by atoms with Crippen LogP contribution in [0.1, 0.15) is 41.5 Å². The third-order valence-electron chi connectivity index (χ3n) is 2.04. The molecule has 0 aliphatic carbocycles. The van der Waals surface area contributed by atoms with E-state index in [9.17, 15) is 4.79 Å². The Labute approximate surface area is 80.6 Å². The number of rotatable bonds is 2. The Bertz CT molecular complexity index is 190. The van der Waals surface area contributed by atoms with Crippen molar-refractivity contribution in [3.05, 3.63) is 0 Å². The van der Waals surface area contributed by atoms with Gasteiger partial charge in [0.25, 0.3) is 0 Å². The quantitative estimate of drug-likeness (QED) is 0.669. The van der Waals surface area contributed by atoms with Crippen molar-refractivity contribution in [2.75, 3.05) is 0 Å². The van der Waals surface area contributed by atoms with Crippen LogP contribution in [0.4, 0.5) is 0 Å². The molecule has 0 aliphatic heterocycles. The van der Waals surface area contributed by atoms with Crippen LogP contribution in [0.25, 0.3) is 0 Å². The van der Waals surface area contributed by atoms with Gasteiger partial charge < -0.3 is 10.5 Å². The lowest BCUT2D eigenvalue weighted by atomic mass is 9.89. The number of carbonyl (C=O) groups is 1. The molecule has 0 bridgehead atoms. The van der Waals surface area contributed by atoms with Gasteiger partial charge in [0, 0.05) is 0 Å².